The third-order valence-corrected chi connectivity index (χ3v) is 3.85. The first-order chi connectivity index (χ1) is 10.3. The quantitative estimate of drug-likeness (QED) is 0.756. The molecule has 1 N–H and O–H groups in total. The van der Waals surface area contributed by atoms with E-state index < -0.39 is 0 Å². The second kappa shape index (κ2) is 5.98. The standard InChI is InChI=1S/C19H19NO/c1-14-18(12-13-21-14)19(20-2)17-10-8-16(9-11-17)15-6-4-3-5-7-15/h3-13,19-20H,1-2H3. The molecular formula is C19H19NO. The molecule has 0 spiro atoms. The van der Waals surface area contributed by atoms with Gasteiger partial charge in [0.2, 0.25) is 0 Å². The fourth-order valence-electron chi connectivity index (χ4n) is 2.69. The van der Waals surface area contributed by atoms with Gasteiger partial charge in [-0.15, -0.1) is 0 Å². The molecule has 3 rings (SSSR count). The van der Waals surface area contributed by atoms with Crippen molar-refractivity contribution in [2.45, 2.75) is 13.0 Å². The molecule has 2 aromatic carbocycles. The molecule has 1 unspecified atom stereocenters. The molecule has 0 aliphatic rings. The number of benzene rings is 2. The van der Waals surface area contributed by atoms with Crippen molar-refractivity contribution in [2.24, 2.45) is 0 Å². The predicted molar refractivity (Wildman–Crippen MR) is 86.2 cm³/mol. The van der Waals surface area contributed by atoms with Crippen molar-refractivity contribution in [2.75, 3.05) is 7.05 Å². The summed E-state index contributed by atoms with van der Waals surface area (Å²) in [5.74, 6) is 0.960. The summed E-state index contributed by atoms with van der Waals surface area (Å²) in [6, 6.07) is 21.3. The van der Waals surface area contributed by atoms with Gasteiger partial charge >= 0.3 is 0 Å². The van der Waals surface area contributed by atoms with Crippen LogP contribution in [-0.4, -0.2) is 7.05 Å². The Labute approximate surface area is 125 Å². The van der Waals surface area contributed by atoms with Gasteiger partial charge in [0.15, 0.2) is 0 Å². The summed E-state index contributed by atoms with van der Waals surface area (Å²) in [7, 11) is 1.97. The van der Waals surface area contributed by atoms with Gasteiger partial charge in [0.05, 0.1) is 12.3 Å². The summed E-state index contributed by atoms with van der Waals surface area (Å²) in [5.41, 5.74) is 4.90. The first-order valence-electron chi connectivity index (χ1n) is 7.16. The molecule has 0 saturated heterocycles. The molecule has 0 aliphatic carbocycles. The minimum absolute atomic E-state index is 0.161. The van der Waals surface area contributed by atoms with Crippen LogP contribution in [0.1, 0.15) is 22.9 Å². The van der Waals surface area contributed by atoms with Crippen LogP contribution in [-0.2, 0) is 0 Å². The van der Waals surface area contributed by atoms with Crippen LogP contribution < -0.4 is 5.32 Å². The van der Waals surface area contributed by atoms with Crippen LogP contribution in [0.25, 0.3) is 11.1 Å². The van der Waals surface area contributed by atoms with Gasteiger partial charge in [-0.1, -0.05) is 54.6 Å². The lowest BCUT2D eigenvalue weighted by Gasteiger charge is -2.16. The first kappa shape index (κ1) is 13.7. The molecule has 1 heterocycles. The summed E-state index contributed by atoms with van der Waals surface area (Å²) < 4.78 is 5.42. The number of hydrogen-bond donors (Lipinski definition) is 1. The lowest BCUT2D eigenvalue weighted by molar-refractivity contribution is 0.523. The normalized spacial score (nSPS) is 12.3. The minimum atomic E-state index is 0.161. The Bertz CT molecular complexity index is 698. The number of hydrogen-bond acceptors (Lipinski definition) is 2. The molecule has 0 aliphatic heterocycles. The average Bonchev–Trinajstić information content (AvgIpc) is 2.96. The Morgan fingerprint density at radius 3 is 2.10 bits per heavy atom. The molecule has 0 fully saturated rings. The topological polar surface area (TPSA) is 25.2 Å². The molecule has 0 amide bonds. The molecular weight excluding hydrogens is 258 g/mol. The Morgan fingerprint density at radius 1 is 0.857 bits per heavy atom. The lowest BCUT2D eigenvalue weighted by atomic mass is 9.96. The zero-order valence-corrected chi connectivity index (χ0v) is 12.3. The molecule has 2 heteroatoms. The molecule has 21 heavy (non-hydrogen) atoms. The van der Waals surface area contributed by atoms with E-state index in [1.807, 2.05) is 26.1 Å². The highest BCUT2D eigenvalue weighted by Crippen LogP contribution is 2.27. The first-order valence-corrected chi connectivity index (χ1v) is 7.16. The number of nitrogens with one attached hydrogen (secondary N) is 1. The largest absolute Gasteiger partial charge is 0.469 e. The van der Waals surface area contributed by atoms with Crippen LogP contribution in [0.4, 0.5) is 0 Å². The number of furan rings is 1. The van der Waals surface area contributed by atoms with Gasteiger partial charge < -0.3 is 9.73 Å². The summed E-state index contributed by atoms with van der Waals surface area (Å²) >= 11 is 0. The van der Waals surface area contributed by atoms with Crippen LogP contribution in [0, 0.1) is 6.92 Å². The van der Waals surface area contributed by atoms with E-state index >= 15 is 0 Å². The maximum atomic E-state index is 5.42. The van der Waals surface area contributed by atoms with Crippen molar-refractivity contribution < 1.29 is 4.42 Å². The van der Waals surface area contributed by atoms with Gasteiger partial charge in [0, 0.05) is 5.56 Å². The highest BCUT2D eigenvalue weighted by Gasteiger charge is 2.16. The van der Waals surface area contributed by atoms with Gasteiger partial charge in [-0.25, -0.2) is 0 Å². The smallest absolute Gasteiger partial charge is 0.105 e. The number of rotatable bonds is 4. The van der Waals surface area contributed by atoms with E-state index in [2.05, 4.69) is 53.8 Å². The van der Waals surface area contributed by atoms with Crippen LogP contribution in [0.5, 0.6) is 0 Å². The highest BCUT2D eigenvalue weighted by molar-refractivity contribution is 5.63. The SMILES string of the molecule is CNC(c1ccc(-c2ccccc2)cc1)c1ccoc1C. The van der Waals surface area contributed by atoms with Crippen molar-refractivity contribution in [3.8, 4) is 11.1 Å². The second-order valence-corrected chi connectivity index (χ2v) is 5.14. The fraction of sp³-hybridized carbons (Fsp3) is 0.158. The molecule has 0 radical (unpaired) electrons. The molecule has 1 atom stereocenters. The van der Waals surface area contributed by atoms with E-state index in [-0.39, 0.29) is 6.04 Å². The van der Waals surface area contributed by atoms with E-state index in [9.17, 15) is 0 Å². The molecule has 3 aromatic rings. The summed E-state index contributed by atoms with van der Waals surface area (Å²) in [6.07, 6.45) is 1.74. The van der Waals surface area contributed by atoms with E-state index in [1.165, 1.54) is 22.3 Å². The maximum Gasteiger partial charge on any atom is 0.105 e. The van der Waals surface area contributed by atoms with Crippen molar-refractivity contribution in [1.29, 1.82) is 0 Å². The van der Waals surface area contributed by atoms with Crippen LogP contribution in [0.15, 0.2) is 71.3 Å². The molecule has 2 nitrogen and oxygen atoms in total. The van der Waals surface area contributed by atoms with Gasteiger partial charge in [-0.3, -0.25) is 0 Å². The van der Waals surface area contributed by atoms with Crippen molar-refractivity contribution in [3.05, 3.63) is 83.8 Å². The fourth-order valence-corrected chi connectivity index (χ4v) is 2.69. The molecule has 106 valence electrons. The Balaban J connectivity index is 1.91. The Hall–Kier alpha value is -2.32. The number of aryl methyl sites for hydroxylation is 1. The summed E-state index contributed by atoms with van der Waals surface area (Å²) in [5, 5.41) is 3.36. The maximum absolute atomic E-state index is 5.42. The zero-order chi connectivity index (χ0) is 14.7. The Kier molecular flexibility index (Phi) is 3.89. The van der Waals surface area contributed by atoms with Crippen molar-refractivity contribution in [1.82, 2.24) is 5.32 Å². The van der Waals surface area contributed by atoms with Crippen LogP contribution in [0.3, 0.4) is 0 Å². The predicted octanol–water partition coefficient (Wildman–Crippen LogP) is 4.56. The van der Waals surface area contributed by atoms with Crippen molar-refractivity contribution in [3.63, 3.8) is 0 Å². The van der Waals surface area contributed by atoms with Gasteiger partial charge in [-0.2, -0.15) is 0 Å². The minimum Gasteiger partial charge on any atom is -0.469 e. The van der Waals surface area contributed by atoms with Crippen LogP contribution in [0.2, 0.25) is 0 Å². The van der Waals surface area contributed by atoms with Crippen LogP contribution >= 0.6 is 0 Å². The summed E-state index contributed by atoms with van der Waals surface area (Å²) in [6.45, 7) is 2.00. The van der Waals surface area contributed by atoms with E-state index in [0.717, 1.165) is 5.76 Å². The van der Waals surface area contributed by atoms with Gasteiger partial charge in [0.1, 0.15) is 5.76 Å². The highest BCUT2D eigenvalue weighted by atomic mass is 16.3. The molecule has 1 aromatic heterocycles. The summed E-state index contributed by atoms with van der Waals surface area (Å²) in [4.78, 5) is 0. The third-order valence-electron chi connectivity index (χ3n) is 3.85. The van der Waals surface area contributed by atoms with Gasteiger partial charge in [-0.05, 0) is 36.7 Å². The zero-order valence-electron chi connectivity index (χ0n) is 12.3. The third kappa shape index (κ3) is 2.76. The van der Waals surface area contributed by atoms with E-state index in [4.69, 9.17) is 4.42 Å². The van der Waals surface area contributed by atoms with Gasteiger partial charge in [0.25, 0.3) is 0 Å². The second-order valence-electron chi connectivity index (χ2n) is 5.14. The van der Waals surface area contributed by atoms with E-state index in [0.29, 0.717) is 0 Å². The lowest BCUT2D eigenvalue weighted by Crippen LogP contribution is -2.17. The van der Waals surface area contributed by atoms with E-state index in [1.54, 1.807) is 6.26 Å². The van der Waals surface area contributed by atoms with Crippen molar-refractivity contribution >= 4 is 0 Å². The Morgan fingerprint density at radius 2 is 1.52 bits per heavy atom. The average molecular weight is 277 g/mol. The molecule has 0 bridgehead atoms. The monoisotopic (exact) mass is 277 g/mol. The molecule has 0 saturated carbocycles.